The number of carbonyl (C=O) groups excluding carboxylic acids is 1. The highest BCUT2D eigenvalue weighted by atomic mass is 32.2. The normalized spacial score (nSPS) is 14.5. The molecule has 0 amide bonds. The van der Waals surface area contributed by atoms with Crippen LogP contribution in [0.25, 0.3) is 0 Å². The van der Waals surface area contributed by atoms with Gasteiger partial charge in [0, 0.05) is 29.1 Å². The first kappa shape index (κ1) is 16.1. The highest BCUT2D eigenvalue weighted by molar-refractivity contribution is 8.23. The Bertz CT molecular complexity index is 241. The Morgan fingerprint density at radius 1 is 1.38 bits per heavy atom. The molecule has 0 aliphatic heterocycles. The molecule has 0 fully saturated rings. The Morgan fingerprint density at radius 3 is 2.44 bits per heavy atom. The standard InChI is InChI=1S/C12H22O2S2/c1-10(13)6-8-12(3,16-11(2)15)7-5-9-14-4/h5-9H2,1-4H3. The van der Waals surface area contributed by atoms with E-state index in [1.54, 1.807) is 25.8 Å². The van der Waals surface area contributed by atoms with Gasteiger partial charge in [0.15, 0.2) is 0 Å². The van der Waals surface area contributed by atoms with Crippen molar-refractivity contribution in [1.82, 2.24) is 0 Å². The van der Waals surface area contributed by atoms with E-state index in [4.69, 9.17) is 17.0 Å². The topological polar surface area (TPSA) is 26.3 Å². The van der Waals surface area contributed by atoms with Crippen LogP contribution in [0, 0.1) is 0 Å². The number of thiocarbonyl (C=S) groups is 1. The quantitative estimate of drug-likeness (QED) is 0.493. The number of hydrogen-bond acceptors (Lipinski definition) is 4. The molecule has 0 saturated heterocycles. The van der Waals surface area contributed by atoms with Crippen LogP contribution in [0.15, 0.2) is 0 Å². The predicted octanol–water partition coefficient (Wildman–Crippen LogP) is 3.62. The van der Waals surface area contributed by atoms with Gasteiger partial charge < -0.3 is 9.53 Å². The second kappa shape index (κ2) is 8.20. The summed E-state index contributed by atoms with van der Waals surface area (Å²) in [5.41, 5.74) is 0. The van der Waals surface area contributed by atoms with Crippen LogP contribution in [-0.2, 0) is 9.53 Å². The second-order valence-corrected chi connectivity index (χ2v) is 7.01. The van der Waals surface area contributed by atoms with E-state index in [1.807, 2.05) is 6.92 Å². The third kappa shape index (κ3) is 8.25. The molecular formula is C12H22O2S2. The lowest BCUT2D eigenvalue weighted by Gasteiger charge is -2.28. The van der Waals surface area contributed by atoms with Crippen molar-refractivity contribution in [1.29, 1.82) is 0 Å². The van der Waals surface area contributed by atoms with E-state index in [-0.39, 0.29) is 10.5 Å². The van der Waals surface area contributed by atoms with Gasteiger partial charge in [-0.1, -0.05) is 19.1 Å². The summed E-state index contributed by atoms with van der Waals surface area (Å²) in [6, 6.07) is 0. The summed E-state index contributed by atoms with van der Waals surface area (Å²) in [6.45, 7) is 6.55. The number of hydrogen-bond donors (Lipinski definition) is 0. The molecule has 16 heavy (non-hydrogen) atoms. The highest BCUT2D eigenvalue weighted by Crippen LogP contribution is 2.35. The molecule has 0 heterocycles. The lowest BCUT2D eigenvalue weighted by atomic mass is 9.97. The maximum Gasteiger partial charge on any atom is 0.129 e. The van der Waals surface area contributed by atoms with Crippen molar-refractivity contribution in [2.45, 2.75) is 51.2 Å². The van der Waals surface area contributed by atoms with Crippen LogP contribution in [0.2, 0.25) is 0 Å². The van der Waals surface area contributed by atoms with Crippen LogP contribution in [0.1, 0.15) is 46.5 Å². The van der Waals surface area contributed by atoms with Crippen LogP contribution < -0.4 is 0 Å². The van der Waals surface area contributed by atoms with Crippen molar-refractivity contribution in [3.8, 4) is 0 Å². The molecule has 0 bridgehead atoms. The molecule has 0 N–H and O–H groups in total. The minimum absolute atomic E-state index is 0.0794. The fourth-order valence-electron chi connectivity index (χ4n) is 1.60. The van der Waals surface area contributed by atoms with Gasteiger partial charge >= 0.3 is 0 Å². The van der Waals surface area contributed by atoms with Crippen molar-refractivity contribution in [3.05, 3.63) is 0 Å². The largest absolute Gasteiger partial charge is 0.385 e. The van der Waals surface area contributed by atoms with Crippen molar-refractivity contribution < 1.29 is 9.53 Å². The van der Waals surface area contributed by atoms with E-state index in [1.165, 1.54) is 0 Å². The van der Waals surface area contributed by atoms with Gasteiger partial charge in [0.2, 0.25) is 0 Å². The molecule has 0 aromatic carbocycles. The van der Waals surface area contributed by atoms with Crippen molar-refractivity contribution in [2.24, 2.45) is 0 Å². The third-order valence-electron chi connectivity index (χ3n) is 2.45. The second-order valence-electron chi connectivity index (χ2n) is 4.34. The zero-order valence-corrected chi connectivity index (χ0v) is 12.3. The Balaban J connectivity index is 4.23. The minimum atomic E-state index is 0.0794. The first-order valence-electron chi connectivity index (χ1n) is 5.57. The Morgan fingerprint density at radius 2 is 2.00 bits per heavy atom. The van der Waals surface area contributed by atoms with E-state index >= 15 is 0 Å². The fourth-order valence-corrected chi connectivity index (χ4v) is 3.35. The number of methoxy groups -OCH3 is 1. The molecule has 1 unspecified atom stereocenters. The minimum Gasteiger partial charge on any atom is -0.385 e. The molecule has 0 spiro atoms. The lowest BCUT2D eigenvalue weighted by Crippen LogP contribution is -2.23. The SMILES string of the molecule is COCCCC(C)(CCC(C)=O)SC(C)=S. The monoisotopic (exact) mass is 262 g/mol. The van der Waals surface area contributed by atoms with Gasteiger partial charge in [-0.15, -0.1) is 11.8 Å². The molecule has 0 aromatic rings. The van der Waals surface area contributed by atoms with E-state index < -0.39 is 0 Å². The Labute approximate surface area is 109 Å². The van der Waals surface area contributed by atoms with Crippen LogP contribution in [0.5, 0.6) is 0 Å². The summed E-state index contributed by atoms with van der Waals surface area (Å²) in [5, 5.41) is 0. The summed E-state index contributed by atoms with van der Waals surface area (Å²) in [5.74, 6) is 0.251. The molecule has 2 nitrogen and oxygen atoms in total. The molecule has 0 aliphatic carbocycles. The van der Waals surface area contributed by atoms with Crippen LogP contribution in [0.3, 0.4) is 0 Å². The van der Waals surface area contributed by atoms with Gasteiger partial charge in [-0.2, -0.15) is 0 Å². The number of ether oxygens (including phenoxy) is 1. The van der Waals surface area contributed by atoms with Gasteiger partial charge in [-0.05, 0) is 33.1 Å². The average molecular weight is 262 g/mol. The summed E-state index contributed by atoms with van der Waals surface area (Å²) in [7, 11) is 1.71. The number of rotatable bonds is 8. The van der Waals surface area contributed by atoms with E-state index in [0.29, 0.717) is 6.42 Å². The van der Waals surface area contributed by atoms with Gasteiger partial charge in [-0.25, -0.2) is 0 Å². The summed E-state index contributed by atoms with van der Waals surface area (Å²) in [4.78, 5) is 11.0. The zero-order chi connectivity index (χ0) is 12.6. The smallest absolute Gasteiger partial charge is 0.129 e. The maximum absolute atomic E-state index is 11.0. The Kier molecular flexibility index (Phi) is 8.24. The van der Waals surface area contributed by atoms with E-state index in [0.717, 1.165) is 30.1 Å². The number of Topliss-reactive ketones (excluding diaryl/α,β-unsaturated/α-hetero) is 1. The van der Waals surface area contributed by atoms with Crippen molar-refractivity contribution in [2.75, 3.05) is 13.7 Å². The summed E-state index contributed by atoms with van der Waals surface area (Å²) in [6.07, 6.45) is 3.58. The van der Waals surface area contributed by atoms with Crippen LogP contribution in [0.4, 0.5) is 0 Å². The van der Waals surface area contributed by atoms with Crippen molar-refractivity contribution in [3.63, 3.8) is 0 Å². The van der Waals surface area contributed by atoms with Crippen LogP contribution >= 0.6 is 24.0 Å². The number of carbonyl (C=O) groups is 1. The molecule has 0 aliphatic rings. The zero-order valence-electron chi connectivity index (χ0n) is 10.7. The highest BCUT2D eigenvalue weighted by Gasteiger charge is 2.25. The first-order chi connectivity index (χ1) is 7.39. The van der Waals surface area contributed by atoms with Gasteiger partial charge in [0.25, 0.3) is 0 Å². The molecular weight excluding hydrogens is 240 g/mol. The van der Waals surface area contributed by atoms with E-state index in [9.17, 15) is 4.79 Å². The van der Waals surface area contributed by atoms with Gasteiger partial charge in [-0.3, -0.25) is 0 Å². The molecule has 94 valence electrons. The molecule has 0 aromatic heterocycles. The maximum atomic E-state index is 11.0. The average Bonchev–Trinajstić information content (AvgIpc) is 2.14. The van der Waals surface area contributed by atoms with Crippen molar-refractivity contribution >= 4 is 34.0 Å². The lowest BCUT2D eigenvalue weighted by molar-refractivity contribution is -0.117. The summed E-state index contributed by atoms with van der Waals surface area (Å²) < 4.78 is 6.09. The fraction of sp³-hybridized carbons (Fsp3) is 0.833. The number of ketones is 1. The molecule has 0 rings (SSSR count). The predicted molar refractivity (Wildman–Crippen MR) is 75.3 cm³/mol. The molecule has 4 heteroatoms. The van der Waals surface area contributed by atoms with Gasteiger partial charge in [0.1, 0.15) is 5.78 Å². The molecule has 0 saturated carbocycles. The molecule has 1 atom stereocenters. The first-order valence-corrected chi connectivity index (χ1v) is 6.80. The van der Waals surface area contributed by atoms with E-state index in [2.05, 4.69) is 6.92 Å². The Hall–Kier alpha value is 0.0700. The third-order valence-corrected chi connectivity index (χ3v) is 3.89. The molecule has 0 radical (unpaired) electrons. The summed E-state index contributed by atoms with van der Waals surface area (Å²) >= 11 is 6.87. The number of thioether (sulfide) groups is 1. The van der Waals surface area contributed by atoms with Crippen LogP contribution in [-0.4, -0.2) is 28.4 Å². The van der Waals surface area contributed by atoms with Gasteiger partial charge in [0.05, 0.1) is 0 Å².